The van der Waals surface area contributed by atoms with E-state index in [0.717, 1.165) is 62.9 Å². The molecule has 4 rings (SSSR count). The van der Waals surface area contributed by atoms with Crippen LogP contribution in [0.3, 0.4) is 0 Å². The number of benzene rings is 1. The maximum absolute atomic E-state index is 12.9. The Bertz CT molecular complexity index is 1050. The highest BCUT2D eigenvalue weighted by atomic mass is 35.5. The number of carbonyl (C=O) groups excluding carboxylic acids is 1. The van der Waals surface area contributed by atoms with E-state index in [1.165, 1.54) is 0 Å². The fraction of sp³-hybridized carbons (Fsp3) is 0.417. The summed E-state index contributed by atoms with van der Waals surface area (Å²) in [4.78, 5) is 26.2. The first-order chi connectivity index (χ1) is 16.0. The molecule has 0 bridgehead atoms. The van der Waals surface area contributed by atoms with Gasteiger partial charge in [-0.3, -0.25) is 9.69 Å². The van der Waals surface area contributed by atoms with E-state index in [4.69, 9.17) is 11.6 Å². The highest BCUT2D eigenvalue weighted by Crippen LogP contribution is 2.18. The summed E-state index contributed by atoms with van der Waals surface area (Å²) in [6, 6.07) is 11.2. The van der Waals surface area contributed by atoms with Crippen molar-refractivity contribution >= 4 is 23.5 Å². The molecule has 1 aliphatic rings. The molecule has 33 heavy (non-hydrogen) atoms. The van der Waals surface area contributed by atoms with Crippen LogP contribution in [0.4, 0.5) is 5.95 Å². The van der Waals surface area contributed by atoms with Crippen molar-refractivity contribution in [3.8, 4) is 5.69 Å². The van der Waals surface area contributed by atoms with E-state index in [1.807, 2.05) is 48.0 Å². The minimum atomic E-state index is -0.149. The topological polar surface area (TPSA) is 79.2 Å². The normalized spacial score (nSPS) is 15.4. The third-order valence-corrected chi connectivity index (χ3v) is 5.96. The quantitative estimate of drug-likeness (QED) is 0.548. The minimum Gasteiger partial charge on any atom is -0.347 e. The lowest BCUT2D eigenvalue weighted by atomic mass is 10.2. The fourth-order valence-corrected chi connectivity index (χ4v) is 4.21. The average Bonchev–Trinajstić information content (AvgIpc) is 3.25. The van der Waals surface area contributed by atoms with Crippen LogP contribution in [0.25, 0.3) is 5.69 Å². The molecule has 1 unspecified atom stereocenters. The van der Waals surface area contributed by atoms with Crippen molar-refractivity contribution in [3.63, 3.8) is 0 Å². The number of rotatable bonds is 8. The molecule has 174 valence electrons. The van der Waals surface area contributed by atoms with Crippen LogP contribution in [0.1, 0.15) is 36.5 Å². The van der Waals surface area contributed by atoms with E-state index < -0.39 is 0 Å². The molecule has 1 aliphatic heterocycles. The van der Waals surface area contributed by atoms with E-state index in [1.54, 1.807) is 12.4 Å². The molecular formula is C24H30ClN7O. The molecule has 1 amide bonds. The molecule has 1 aromatic carbocycles. The second kappa shape index (κ2) is 10.8. The van der Waals surface area contributed by atoms with Crippen LogP contribution in [0, 0.1) is 0 Å². The van der Waals surface area contributed by atoms with Gasteiger partial charge >= 0.3 is 0 Å². The first kappa shape index (κ1) is 23.2. The van der Waals surface area contributed by atoms with Gasteiger partial charge in [0.05, 0.1) is 5.69 Å². The first-order valence-corrected chi connectivity index (χ1v) is 11.8. The zero-order valence-corrected chi connectivity index (χ0v) is 19.9. The molecule has 0 saturated carbocycles. The fourth-order valence-electron chi connectivity index (χ4n) is 4.09. The van der Waals surface area contributed by atoms with Crippen molar-refractivity contribution < 1.29 is 4.79 Å². The largest absolute Gasteiger partial charge is 0.347 e. The number of anilines is 1. The number of amides is 1. The van der Waals surface area contributed by atoms with E-state index in [-0.39, 0.29) is 11.9 Å². The Morgan fingerprint density at radius 3 is 2.48 bits per heavy atom. The van der Waals surface area contributed by atoms with E-state index >= 15 is 0 Å². The molecule has 1 fully saturated rings. The van der Waals surface area contributed by atoms with Crippen LogP contribution < -0.4 is 10.2 Å². The summed E-state index contributed by atoms with van der Waals surface area (Å²) in [6.45, 7) is 8.50. The molecule has 0 spiro atoms. The van der Waals surface area contributed by atoms with Crippen molar-refractivity contribution in [3.05, 3.63) is 65.2 Å². The Morgan fingerprint density at radius 1 is 1.12 bits per heavy atom. The standard InChI is InChI=1S/C24H30ClN7O/c1-3-5-21-16-22(29-32(21)20-8-6-19(25)7-9-20)23(33)28-18(2)17-30-12-14-31(15-13-30)24-26-10-4-11-27-24/h4,6-11,16,18H,3,5,12-15,17H2,1-2H3,(H,28,33). The molecule has 2 aromatic heterocycles. The van der Waals surface area contributed by atoms with Crippen molar-refractivity contribution in [1.82, 2.24) is 30.0 Å². The Labute approximate surface area is 199 Å². The van der Waals surface area contributed by atoms with Gasteiger partial charge in [-0.05, 0) is 49.7 Å². The molecule has 3 heterocycles. The maximum atomic E-state index is 12.9. The van der Waals surface area contributed by atoms with Gasteiger partial charge in [-0.25, -0.2) is 14.6 Å². The van der Waals surface area contributed by atoms with Gasteiger partial charge in [0.25, 0.3) is 5.91 Å². The van der Waals surface area contributed by atoms with Crippen LogP contribution in [0.5, 0.6) is 0 Å². The Kier molecular flexibility index (Phi) is 7.57. The average molecular weight is 468 g/mol. The molecule has 1 saturated heterocycles. The Balaban J connectivity index is 1.34. The Morgan fingerprint density at radius 2 is 1.82 bits per heavy atom. The number of aromatic nitrogens is 4. The summed E-state index contributed by atoms with van der Waals surface area (Å²) in [6.07, 6.45) is 5.35. The maximum Gasteiger partial charge on any atom is 0.272 e. The number of carbonyl (C=O) groups is 1. The number of aryl methyl sites for hydroxylation is 1. The van der Waals surface area contributed by atoms with Gasteiger partial charge in [0.2, 0.25) is 5.95 Å². The van der Waals surface area contributed by atoms with Gasteiger partial charge in [-0.2, -0.15) is 5.10 Å². The van der Waals surface area contributed by atoms with E-state index in [2.05, 4.69) is 37.1 Å². The number of halogens is 1. The lowest BCUT2D eigenvalue weighted by Crippen LogP contribution is -2.51. The summed E-state index contributed by atoms with van der Waals surface area (Å²) in [5.41, 5.74) is 2.35. The molecular weight excluding hydrogens is 438 g/mol. The predicted molar refractivity (Wildman–Crippen MR) is 130 cm³/mol. The summed E-state index contributed by atoms with van der Waals surface area (Å²) in [5, 5.41) is 8.39. The molecule has 1 atom stereocenters. The SMILES string of the molecule is CCCc1cc(C(=O)NC(C)CN2CCN(c3ncccn3)CC2)nn1-c1ccc(Cl)cc1. The van der Waals surface area contributed by atoms with Crippen molar-refractivity contribution in [2.45, 2.75) is 32.7 Å². The first-order valence-electron chi connectivity index (χ1n) is 11.4. The highest BCUT2D eigenvalue weighted by Gasteiger charge is 2.22. The number of hydrogen-bond acceptors (Lipinski definition) is 6. The lowest BCUT2D eigenvalue weighted by molar-refractivity contribution is 0.0922. The third kappa shape index (κ3) is 5.89. The zero-order chi connectivity index (χ0) is 23.2. The van der Waals surface area contributed by atoms with Crippen LogP contribution in [0.2, 0.25) is 5.02 Å². The molecule has 9 heteroatoms. The highest BCUT2D eigenvalue weighted by molar-refractivity contribution is 6.30. The molecule has 1 N–H and O–H groups in total. The van der Waals surface area contributed by atoms with Crippen LogP contribution in [-0.4, -0.2) is 69.3 Å². The van der Waals surface area contributed by atoms with Crippen molar-refractivity contribution in [2.75, 3.05) is 37.6 Å². The van der Waals surface area contributed by atoms with Crippen molar-refractivity contribution in [1.29, 1.82) is 0 Å². The van der Waals surface area contributed by atoms with Crippen LogP contribution in [-0.2, 0) is 6.42 Å². The second-order valence-corrected chi connectivity index (χ2v) is 8.81. The minimum absolute atomic E-state index is 0.00679. The van der Waals surface area contributed by atoms with E-state index in [9.17, 15) is 4.79 Å². The van der Waals surface area contributed by atoms with Gasteiger partial charge in [0.15, 0.2) is 5.69 Å². The van der Waals surface area contributed by atoms with Gasteiger partial charge in [-0.1, -0.05) is 24.9 Å². The van der Waals surface area contributed by atoms with E-state index in [0.29, 0.717) is 10.7 Å². The molecule has 8 nitrogen and oxygen atoms in total. The lowest BCUT2D eigenvalue weighted by Gasteiger charge is -2.35. The predicted octanol–water partition coefficient (Wildman–Crippen LogP) is 3.21. The monoisotopic (exact) mass is 467 g/mol. The van der Waals surface area contributed by atoms with Crippen LogP contribution >= 0.6 is 11.6 Å². The second-order valence-electron chi connectivity index (χ2n) is 8.37. The van der Waals surface area contributed by atoms with Crippen LogP contribution in [0.15, 0.2) is 48.8 Å². The van der Waals surface area contributed by atoms with Gasteiger partial charge in [-0.15, -0.1) is 0 Å². The van der Waals surface area contributed by atoms with Crippen molar-refractivity contribution in [2.24, 2.45) is 0 Å². The molecule has 3 aromatic rings. The molecule has 0 aliphatic carbocycles. The van der Waals surface area contributed by atoms with Gasteiger partial charge < -0.3 is 10.2 Å². The third-order valence-electron chi connectivity index (χ3n) is 5.71. The number of nitrogens with one attached hydrogen (secondary N) is 1. The number of piperazine rings is 1. The zero-order valence-electron chi connectivity index (χ0n) is 19.1. The summed E-state index contributed by atoms with van der Waals surface area (Å²) < 4.78 is 1.84. The van der Waals surface area contributed by atoms with Gasteiger partial charge in [0, 0.05) is 61.9 Å². The smallest absolute Gasteiger partial charge is 0.272 e. The van der Waals surface area contributed by atoms with Gasteiger partial charge in [0.1, 0.15) is 0 Å². The summed E-state index contributed by atoms with van der Waals surface area (Å²) in [5.74, 6) is 0.626. The summed E-state index contributed by atoms with van der Waals surface area (Å²) >= 11 is 6.03. The number of hydrogen-bond donors (Lipinski definition) is 1. The number of nitrogens with zero attached hydrogens (tertiary/aromatic N) is 6. The molecule has 0 radical (unpaired) electrons. The Hall–Kier alpha value is -2.97. The summed E-state index contributed by atoms with van der Waals surface area (Å²) in [7, 11) is 0.